The zero-order chi connectivity index (χ0) is 14.2. The average molecular weight is 276 g/mol. The van der Waals surface area contributed by atoms with E-state index in [0.29, 0.717) is 0 Å². The molecule has 1 aromatic rings. The first kappa shape index (κ1) is 13.9. The molecule has 1 aliphatic heterocycles. The maximum absolute atomic E-state index is 13.5. The summed E-state index contributed by atoms with van der Waals surface area (Å²) >= 11 is 0. The SMILES string of the molecule is CCC(C)(CNC1CC1)CN1CCc2ccc(F)cc21. The maximum atomic E-state index is 13.5. The van der Waals surface area contributed by atoms with Crippen LogP contribution < -0.4 is 10.2 Å². The number of benzene rings is 1. The van der Waals surface area contributed by atoms with Crippen molar-refractivity contribution in [3.63, 3.8) is 0 Å². The molecule has 0 spiro atoms. The van der Waals surface area contributed by atoms with Crippen molar-refractivity contribution in [1.82, 2.24) is 5.32 Å². The third-order valence-corrected chi connectivity index (χ3v) is 4.86. The van der Waals surface area contributed by atoms with Gasteiger partial charge in [-0.2, -0.15) is 0 Å². The van der Waals surface area contributed by atoms with Crippen LogP contribution in [0.25, 0.3) is 0 Å². The Morgan fingerprint density at radius 1 is 1.40 bits per heavy atom. The molecule has 1 atom stereocenters. The minimum absolute atomic E-state index is 0.120. The van der Waals surface area contributed by atoms with E-state index in [1.807, 2.05) is 6.07 Å². The molecule has 1 fully saturated rings. The van der Waals surface area contributed by atoms with Gasteiger partial charge in [0.15, 0.2) is 0 Å². The van der Waals surface area contributed by atoms with Gasteiger partial charge in [0.25, 0.3) is 0 Å². The fraction of sp³-hybridized carbons (Fsp3) is 0.647. The summed E-state index contributed by atoms with van der Waals surface area (Å²) in [6.07, 6.45) is 4.86. The van der Waals surface area contributed by atoms with E-state index in [0.717, 1.165) is 44.2 Å². The van der Waals surface area contributed by atoms with Crippen LogP contribution >= 0.6 is 0 Å². The number of fused-ring (bicyclic) bond motifs is 1. The Bertz CT molecular complexity index is 484. The highest BCUT2D eigenvalue weighted by atomic mass is 19.1. The summed E-state index contributed by atoms with van der Waals surface area (Å²) < 4.78 is 13.5. The van der Waals surface area contributed by atoms with E-state index in [-0.39, 0.29) is 11.2 Å². The molecule has 0 aromatic heterocycles. The van der Waals surface area contributed by atoms with Crippen molar-refractivity contribution < 1.29 is 4.39 Å². The lowest BCUT2D eigenvalue weighted by Crippen LogP contribution is -2.42. The molecule has 1 heterocycles. The Balaban J connectivity index is 1.69. The monoisotopic (exact) mass is 276 g/mol. The predicted molar refractivity (Wildman–Crippen MR) is 81.7 cm³/mol. The zero-order valence-corrected chi connectivity index (χ0v) is 12.6. The van der Waals surface area contributed by atoms with Crippen molar-refractivity contribution >= 4 is 5.69 Å². The van der Waals surface area contributed by atoms with Gasteiger partial charge in [-0.05, 0) is 48.8 Å². The van der Waals surface area contributed by atoms with Gasteiger partial charge in [-0.3, -0.25) is 0 Å². The molecule has 2 nitrogen and oxygen atoms in total. The maximum Gasteiger partial charge on any atom is 0.125 e. The van der Waals surface area contributed by atoms with Crippen LogP contribution in [0.3, 0.4) is 0 Å². The standard InChI is InChI=1S/C17H25FN2/c1-3-17(2,11-19-15-6-7-15)12-20-9-8-13-4-5-14(18)10-16(13)20/h4-5,10,15,19H,3,6-9,11-12H2,1-2H3. The molecule has 2 aliphatic rings. The first-order valence-corrected chi connectivity index (χ1v) is 7.86. The van der Waals surface area contributed by atoms with Gasteiger partial charge in [0.2, 0.25) is 0 Å². The fourth-order valence-electron chi connectivity index (χ4n) is 3.01. The molecule has 3 heteroatoms. The molecule has 1 unspecified atom stereocenters. The molecule has 1 saturated carbocycles. The van der Waals surface area contributed by atoms with E-state index in [2.05, 4.69) is 24.1 Å². The topological polar surface area (TPSA) is 15.3 Å². The largest absolute Gasteiger partial charge is 0.370 e. The van der Waals surface area contributed by atoms with Gasteiger partial charge in [-0.15, -0.1) is 0 Å². The van der Waals surface area contributed by atoms with E-state index in [1.54, 1.807) is 12.1 Å². The fourth-order valence-corrected chi connectivity index (χ4v) is 3.01. The zero-order valence-electron chi connectivity index (χ0n) is 12.6. The molecular weight excluding hydrogens is 251 g/mol. The summed E-state index contributed by atoms with van der Waals surface area (Å²) in [5.74, 6) is -0.120. The van der Waals surface area contributed by atoms with Crippen LogP contribution in [-0.4, -0.2) is 25.7 Å². The van der Waals surface area contributed by atoms with Crippen molar-refractivity contribution in [3.05, 3.63) is 29.6 Å². The lowest BCUT2D eigenvalue weighted by molar-refractivity contribution is 0.295. The Kier molecular flexibility index (Phi) is 3.72. The van der Waals surface area contributed by atoms with Crippen LogP contribution in [-0.2, 0) is 6.42 Å². The molecule has 1 N–H and O–H groups in total. The Hall–Kier alpha value is -1.09. The summed E-state index contributed by atoms with van der Waals surface area (Å²) in [6.45, 7) is 7.71. The molecule has 1 aromatic carbocycles. The third-order valence-electron chi connectivity index (χ3n) is 4.86. The van der Waals surface area contributed by atoms with Gasteiger partial charge >= 0.3 is 0 Å². The molecule has 0 saturated heterocycles. The third kappa shape index (κ3) is 2.98. The Morgan fingerprint density at radius 2 is 2.20 bits per heavy atom. The summed E-state index contributed by atoms with van der Waals surface area (Å²) in [4.78, 5) is 2.37. The second kappa shape index (κ2) is 5.36. The molecule has 1 aliphatic carbocycles. The average Bonchev–Trinajstić information content (AvgIpc) is 3.20. The van der Waals surface area contributed by atoms with E-state index in [4.69, 9.17) is 0 Å². The van der Waals surface area contributed by atoms with Crippen LogP contribution in [0, 0.1) is 11.2 Å². The number of hydrogen-bond acceptors (Lipinski definition) is 2. The molecule has 3 rings (SSSR count). The van der Waals surface area contributed by atoms with Gasteiger partial charge in [0, 0.05) is 31.4 Å². The number of hydrogen-bond donors (Lipinski definition) is 1. The highest BCUT2D eigenvalue weighted by molar-refractivity contribution is 5.58. The first-order valence-electron chi connectivity index (χ1n) is 7.86. The molecule has 110 valence electrons. The molecule has 0 bridgehead atoms. The second-order valence-electron chi connectivity index (χ2n) is 6.76. The van der Waals surface area contributed by atoms with Crippen molar-refractivity contribution in [1.29, 1.82) is 0 Å². The van der Waals surface area contributed by atoms with Crippen molar-refractivity contribution in [3.8, 4) is 0 Å². The minimum Gasteiger partial charge on any atom is -0.370 e. The number of nitrogens with zero attached hydrogens (tertiary/aromatic N) is 1. The van der Waals surface area contributed by atoms with Crippen LogP contribution in [0.15, 0.2) is 18.2 Å². The molecule has 0 amide bonds. The van der Waals surface area contributed by atoms with Crippen molar-refractivity contribution in [2.45, 2.75) is 45.6 Å². The van der Waals surface area contributed by atoms with Gasteiger partial charge in [-0.1, -0.05) is 19.9 Å². The summed E-state index contributed by atoms with van der Waals surface area (Å²) in [7, 11) is 0. The summed E-state index contributed by atoms with van der Waals surface area (Å²) in [5, 5.41) is 3.66. The van der Waals surface area contributed by atoms with Crippen LogP contribution in [0.4, 0.5) is 10.1 Å². The number of halogens is 1. The highest BCUT2D eigenvalue weighted by Gasteiger charge is 2.31. The normalized spacial score (nSPS) is 20.9. The first-order chi connectivity index (χ1) is 9.59. The quantitative estimate of drug-likeness (QED) is 0.857. The molecular formula is C17H25FN2. The van der Waals surface area contributed by atoms with E-state index < -0.39 is 0 Å². The summed E-state index contributed by atoms with van der Waals surface area (Å²) in [5.41, 5.74) is 2.66. The van der Waals surface area contributed by atoms with Crippen LogP contribution in [0.5, 0.6) is 0 Å². The molecule has 0 radical (unpaired) electrons. The lowest BCUT2D eigenvalue weighted by Gasteiger charge is -2.34. The Morgan fingerprint density at radius 3 is 2.90 bits per heavy atom. The van der Waals surface area contributed by atoms with Crippen LogP contribution in [0.2, 0.25) is 0 Å². The number of rotatable bonds is 6. The van der Waals surface area contributed by atoms with Gasteiger partial charge < -0.3 is 10.2 Å². The highest BCUT2D eigenvalue weighted by Crippen LogP contribution is 2.33. The second-order valence-corrected chi connectivity index (χ2v) is 6.76. The number of nitrogens with one attached hydrogen (secondary N) is 1. The van der Waals surface area contributed by atoms with Crippen LogP contribution in [0.1, 0.15) is 38.7 Å². The minimum atomic E-state index is -0.120. The smallest absolute Gasteiger partial charge is 0.125 e. The van der Waals surface area contributed by atoms with E-state index in [1.165, 1.54) is 18.4 Å². The van der Waals surface area contributed by atoms with E-state index >= 15 is 0 Å². The van der Waals surface area contributed by atoms with Gasteiger partial charge in [0.1, 0.15) is 5.82 Å². The lowest BCUT2D eigenvalue weighted by atomic mass is 9.86. The van der Waals surface area contributed by atoms with E-state index in [9.17, 15) is 4.39 Å². The van der Waals surface area contributed by atoms with Crippen molar-refractivity contribution in [2.24, 2.45) is 5.41 Å². The van der Waals surface area contributed by atoms with Gasteiger partial charge in [0.05, 0.1) is 0 Å². The summed E-state index contributed by atoms with van der Waals surface area (Å²) in [6, 6.07) is 5.98. The Labute approximate surface area is 121 Å². The number of anilines is 1. The van der Waals surface area contributed by atoms with Crippen molar-refractivity contribution in [2.75, 3.05) is 24.5 Å². The van der Waals surface area contributed by atoms with Gasteiger partial charge in [-0.25, -0.2) is 4.39 Å². The molecule has 20 heavy (non-hydrogen) atoms. The predicted octanol–water partition coefficient (Wildman–Crippen LogP) is 3.36.